The topological polar surface area (TPSA) is 26.2 Å². The predicted molar refractivity (Wildman–Crippen MR) is 223 cm³/mol. The van der Waals surface area contributed by atoms with E-state index >= 15 is 0 Å². The number of pyridine rings is 2. The molecule has 54 heavy (non-hydrogen) atoms. The summed E-state index contributed by atoms with van der Waals surface area (Å²) in [4.78, 5) is 0. The molecular weight excluding hydrogens is 677 g/mol. The van der Waals surface area contributed by atoms with Gasteiger partial charge in [0, 0.05) is 48.2 Å². The Morgan fingerprint density at radius 2 is 1.04 bits per heavy atom. The lowest BCUT2D eigenvalue weighted by Crippen LogP contribution is -2.65. The van der Waals surface area contributed by atoms with Crippen LogP contribution in [0.25, 0.3) is 43.4 Å². The molecule has 0 N–H and O–H groups in total. The molecule has 0 radical (unpaired) electrons. The van der Waals surface area contributed by atoms with E-state index in [1.54, 1.807) is 0 Å². The summed E-state index contributed by atoms with van der Waals surface area (Å²) in [5, 5.41) is 11.7. The molecule has 0 saturated carbocycles. The first-order chi connectivity index (χ1) is 26.5. The van der Waals surface area contributed by atoms with Gasteiger partial charge in [-0.05, 0) is 57.0 Å². The van der Waals surface area contributed by atoms with E-state index in [1.165, 1.54) is 75.9 Å². The molecule has 1 unspecified atom stereocenters. The first kappa shape index (κ1) is 32.6. The van der Waals surface area contributed by atoms with Gasteiger partial charge in [-0.25, -0.2) is 0 Å². The van der Waals surface area contributed by atoms with Crippen LogP contribution < -0.4 is 34.2 Å². The van der Waals surface area contributed by atoms with Crippen LogP contribution in [-0.4, -0.2) is 8.07 Å². The molecular formula is C49H42N2O2Si+2. The van der Waals surface area contributed by atoms with Crippen LogP contribution in [0, 0.1) is 13.8 Å². The summed E-state index contributed by atoms with van der Waals surface area (Å²) in [6.45, 7) is 7.91. The Balaban J connectivity index is 0.000000140. The molecule has 262 valence electrons. The molecule has 3 aliphatic rings. The zero-order chi connectivity index (χ0) is 36.4. The molecule has 0 fully saturated rings. The van der Waals surface area contributed by atoms with Crippen LogP contribution in [-0.2, 0) is 13.5 Å². The first-order valence-electron chi connectivity index (χ1n) is 19.0. The quantitative estimate of drug-likeness (QED) is 0.0789. The summed E-state index contributed by atoms with van der Waals surface area (Å²) < 4.78 is 17.4. The van der Waals surface area contributed by atoms with Crippen LogP contribution in [0.2, 0.25) is 6.55 Å². The monoisotopic (exact) mass is 718 g/mol. The Hall–Kier alpha value is -6.04. The maximum Gasteiger partial charge on any atom is 0.292 e. The van der Waals surface area contributed by atoms with Crippen molar-refractivity contribution in [1.29, 1.82) is 0 Å². The van der Waals surface area contributed by atoms with E-state index in [-0.39, 0.29) is 0 Å². The van der Waals surface area contributed by atoms with Crippen molar-refractivity contribution in [2.24, 2.45) is 0 Å². The molecule has 8 aromatic rings. The number of nitrogens with zero attached hydrogens (tertiary/aromatic N) is 2. The molecule has 0 saturated heterocycles. The molecule has 0 spiro atoms. The second-order valence-electron chi connectivity index (χ2n) is 15.0. The SMILES string of the molecule is Cc1ccc2ccc3ccc(C4C=CC=CC4)c4c3c2[n+]1CO4.Cc1ccc2ccc3ccc([Si](C)(c4ccccc4)c4ccccc4)c4c3c2[n+]1CO4. The van der Waals surface area contributed by atoms with E-state index < -0.39 is 8.07 Å². The summed E-state index contributed by atoms with van der Waals surface area (Å²) in [6.07, 6.45) is 9.82. The highest BCUT2D eigenvalue weighted by atomic mass is 28.3. The summed E-state index contributed by atoms with van der Waals surface area (Å²) in [7, 11) is -2.27. The number of rotatable bonds is 4. The summed E-state index contributed by atoms with van der Waals surface area (Å²) >= 11 is 0. The van der Waals surface area contributed by atoms with Gasteiger partial charge in [-0.1, -0.05) is 128 Å². The molecule has 4 nitrogen and oxygen atoms in total. The molecule has 1 aliphatic carbocycles. The molecule has 2 aromatic heterocycles. The van der Waals surface area contributed by atoms with Crippen molar-refractivity contribution in [2.45, 2.75) is 46.2 Å². The highest BCUT2D eigenvalue weighted by molar-refractivity contribution is 7.11. The zero-order valence-corrected chi connectivity index (χ0v) is 31.9. The van der Waals surface area contributed by atoms with Gasteiger partial charge < -0.3 is 9.47 Å². The number of aryl methyl sites for hydroxylation is 2. The van der Waals surface area contributed by atoms with Crippen molar-refractivity contribution in [3.8, 4) is 11.5 Å². The fourth-order valence-corrected chi connectivity index (χ4v) is 12.7. The number of hydrogen-bond acceptors (Lipinski definition) is 2. The third-order valence-electron chi connectivity index (χ3n) is 12.0. The Morgan fingerprint density at radius 3 is 1.61 bits per heavy atom. The number of aromatic nitrogens is 2. The largest absolute Gasteiger partial charge is 0.435 e. The molecule has 1 atom stereocenters. The van der Waals surface area contributed by atoms with Gasteiger partial charge in [0.2, 0.25) is 11.0 Å². The Morgan fingerprint density at radius 1 is 0.537 bits per heavy atom. The third-order valence-corrected chi connectivity index (χ3v) is 16.5. The van der Waals surface area contributed by atoms with Crippen molar-refractivity contribution in [3.05, 3.63) is 175 Å². The lowest BCUT2D eigenvalue weighted by molar-refractivity contribution is -0.707. The minimum Gasteiger partial charge on any atom is -0.435 e. The van der Waals surface area contributed by atoms with Crippen molar-refractivity contribution in [3.63, 3.8) is 0 Å². The van der Waals surface area contributed by atoms with Gasteiger partial charge in [0.1, 0.15) is 19.6 Å². The lowest BCUT2D eigenvalue weighted by atomic mass is 9.89. The van der Waals surface area contributed by atoms with Crippen LogP contribution in [0.4, 0.5) is 0 Å². The predicted octanol–water partition coefficient (Wildman–Crippen LogP) is 8.58. The maximum atomic E-state index is 6.58. The average Bonchev–Trinajstić information content (AvgIpc) is 3.24. The van der Waals surface area contributed by atoms with Crippen LogP contribution in [0.5, 0.6) is 11.5 Å². The zero-order valence-electron chi connectivity index (χ0n) is 30.9. The summed E-state index contributed by atoms with van der Waals surface area (Å²) in [6, 6.07) is 48.7. The van der Waals surface area contributed by atoms with Crippen LogP contribution in [0.1, 0.15) is 29.3 Å². The molecule has 5 heteroatoms. The maximum absolute atomic E-state index is 6.58. The lowest BCUT2D eigenvalue weighted by Gasteiger charge is -2.32. The van der Waals surface area contributed by atoms with Gasteiger partial charge >= 0.3 is 0 Å². The standard InChI is InChI=1S/C28H24NOSi.C21H18NO/c1-20-13-14-22-16-15-21-17-18-25(28-26(21)27(22)29(20)19-30-28)31(2,23-9-5-3-6-10-23)24-11-7-4-8-12-24;1-14-7-8-17-10-9-16-11-12-18(15-5-3-2-4-6-15)21-19(16)20(17)22(14)13-23-21/h3-18H,19H2,1-2H3;2-5,7-12,15H,6,13H2,1H3/q2*+1. The highest BCUT2D eigenvalue weighted by Gasteiger charge is 2.39. The van der Waals surface area contributed by atoms with E-state index in [2.05, 4.69) is 187 Å². The van der Waals surface area contributed by atoms with Gasteiger partial charge in [-0.15, -0.1) is 0 Å². The van der Waals surface area contributed by atoms with Crippen LogP contribution in [0.15, 0.2) is 158 Å². The smallest absolute Gasteiger partial charge is 0.292 e. The normalized spacial score (nSPS) is 15.4. The Kier molecular flexibility index (Phi) is 7.74. The van der Waals surface area contributed by atoms with E-state index in [0.717, 1.165) is 17.9 Å². The molecule has 0 bridgehead atoms. The van der Waals surface area contributed by atoms with Crippen molar-refractivity contribution in [1.82, 2.24) is 0 Å². The molecule has 11 rings (SSSR count). The minimum absolute atomic E-state index is 0.408. The van der Waals surface area contributed by atoms with Gasteiger partial charge in [0.15, 0.2) is 11.4 Å². The van der Waals surface area contributed by atoms with Gasteiger partial charge in [-0.2, -0.15) is 9.13 Å². The highest BCUT2D eigenvalue weighted by Crippen LogP contribution is 2.41. The van der Waals surface area contributed by atoms with Gasteiger partial charge in [0.05, 0.1) is 10.8 Å². The van der Waals surface area contributed by atoms with Crippen molar-refractivity contribution in [2.75, 3.05) is 0 Å². The third kappa shape index (κ3) is 5.03. The number of allylic oxidation sites excluding steroid dienone is 4. The molecule has 0 amide bonds. The number of ether oxygens (including phenoxy) is 2. The van der Waals surface area contributed by atoms with Crippen LogP contribution in [0.3, 0.4) is 0 Å². The van der Waals surface area contributed by atoms with E-state index in [1.807, 2.05) is 0 Å². The van der Waals surface area contributed by atoms with E-state index in [0.29, 0.717) is 19.4 Å². The second kappa shape index (κ2) is 12.8. The van der Waals surface area contributed by atoms with Gasteiger partial charge in [0.25, 0.3) is 13.5 Å². The number of benzene rings is 6. The van der Waals surface area contributed by atoms with Crippen LogP contribution >= 0.6 is 0 Å². The first-order valence-corrected chi connectivity index (χ1v) is 21.5. The van der Waals surface area contributed by atoms with E-state index in [4.69, 9.17) is 9.47 Å². The molecule has 2 aliphatic heterocycles. The van der Waals surface area contributed by atoms with Crippen molar-refractivity contribution >= 4 is 67.0 Å². The van der Waals surface area contributed by atoms with E-state index in [9.17, 15) is 0 Å². The fraction of sp³-hybridized carbons (Fsp3) is 0.143. The average molecular weight is 719 g/mol. The molecule has 4 heterocycles. The van der Waals surface area contributed by atoms with Gasteiger partial charge in [-0.3, -0.25) is 0 Å². The fourth-order valence-electron chi connectivity index (χ4n) is 9.00. The minimum atomic E-state index is -2.27. The second-order valence-corrected chi connectivity index (χ2v) is 18.9. The summed E-state index contributed by atoms with van der Waals surface area (Å²) in [5.74, 6) is 2.55. The summed E-state index contributed by atoms with van der Waals surface area (Å²) in [5.41, 5.74) is 6.36. The van der Waals surface area contributed by atoms with Crippen molar-refractivity contribution < 1.29 is 18.6 Å². The molecule has 6 aromatic carbocycles. The number of hydrogen-bond donors (Lipinski definition) is 0. The Labute approximate surface area is 316 Å². The Bertz CT molecular complexity index is 2810.